The molecule has 0 bridgehead atoms. The summed E-state index contributed by atoms with van der Waals surface area (Å²) in [5.74, 6) is -2.94. The average molecular weight is 585 g/mol. The minimum Gasteiger partial charge on any atom is -0.477 e. The van der Waals surface area contributed by atoms with Crippen LogP contribution in [0.2, 0.25) is 0 Å². The number of benzene rings is 1. The van der Waals surface area contributed by atoms with Crippen LogP contribution in [0.15, 0.2) is 46.8 Å². The monoisotopic (exact) mass is 584 g/mol. The van der Waals surface area contributed by atoms with Gasteiger partial charge in [0.05, 0.1) is 11.8 Å². The molecule has 2 unspecified atom stereocenters. The molecule has 0 aliphatic carbocycles. The maximum atomic E-state index is 12.9. The molecule has 14 nitrogen and oxygen atoms in total. The molecule has 2 aliphatic heterocycles. The normalized spacial score (nSPS) is 20.9. The highest BCUT2D eigenvalue weighted by Gasteiger charge is 2.54. The molecule has 204 valence electrons. The molecule has 2 aromatic rings. The molecule has 1 saturated heterocycles. The number of amides is 2. The number of rotatable bonds is 11. The first-order valence-electron chi connectivity index (χ1n) is 11.3. The molecule has 17 heteroatoms. The van der Waals surface area contributed by atoms with Crippen molar-refractivity contribution >= 4 is 51.4 Å². The van der Waals surface area contributed by atoms with E-state index in [9.17, 15) is 37.6 Å². The maximum absolute atomic E-state index is 12.9. The van der Waals surface area contributed by atoms with E-state index in [0.29, 0.717) is 17.6 Å². The summed E-state index contributed by atoms with van der Waals surface area (Å²) < 4.78 is 33.2. The number of aliphatic hydroxyl groups excluding tert-OH is 1. The molecule has 1 aromatic heterocycles. The number of aromatic nitrogens is 4. The van der Waals surface area contributed by atoms with E-state index in [4.69, 9.17) is 0 Å². The lowest BCUT2D eigenvalue weighted by molar-refractivity contribution is -0.151. The van der Waals surface area contributed by atoms with Crippen LogP contribution in [0, 0.1) is 0 Å². The lowest BCUT2D eigenvalue weighted by atomic mass is 10.0. The molecule has 1 aromatic carbocycles. The first-order chi connectivity index (χ1) is 18.0. The lowest BCUT2D eigenvalue weighted by Crippen LogP contribution is -2.70. The number of thioether (sulfide) groups is 2. The van der Waals surface area contributed by atoms with Gasteiger partial charge in [-0.3, -0.25) is 19.0 Å². The molecule has 2 amide bonds. The number of aliphatic hydroxyl groups is 1. The predicted octanol–water partition coefficient (Wildman–Crippen LogP) is 0.0763. The van der Waals surface area contributed by atoms with Crippen molar-refractivity contribution in [2.75, 3.05) is 17.3 Å². The number of carboxylic acid groups (broad SMARTS) is 1. The van der Waals surface area contributed by atoms with Gasteiger partial charge in [0.1, 0.15) is 17.1 Å². The number of β-lactam (4-membered cyclic amide) rings is 1. The van der Waals surface area contributed by atoms with Crippen molar-refractivity contribution in [2.24, 2.45) is 0 Å². The summed E-state index contributed by atoms with van der Waals surface area (Å²) in [6.07, 6.45) is -1.17. The Morgan fingerprint density at radius 1 is 1.29 bits per heavy atom. The Bertz CT molecular complexity index is 1370. The first kappa shape index (κ1) is 28.0. The van der Waals surface area contributed by atoms with Crippen LogP contribution in [-0.4, -0.2) is 94.7 Å². The van der Waals surface area contributed by atoms with Crippen molar-refractivity contribution in [3.63, 3.8) is 0 Å². The minimum absolute atomic E-state index is 0.0948. The topological polar surface area (TPSA) is 205 Å². The smallest absolute Gasteiger partial charge is 0.352 e. The standard InChI is InChI=1S/C21H24N6O8S3/c1-2-13(10-38(33,34)35)27-21(23-24-25-27)37-9-12-8-36-19-14(18(30)26(19)15(12)20(31)32)22-17(29)16(28)11-6-4-3-5-7-11/h3-7,13-14,16,19,28H,2,8-10H2,1H3,(H,22,29)(H,31,32)(H,33,34,35)/t13?,14?,16-,19-/m1/s1. The Morgan fingerprint density at radius 3 is 2.63 bits per heavy atom. The van der Waals surface area contributed by atoms with Gasteiger partial charge in [-0.1, -0.05) is 49.0 Å². The van der Waals surface area contributed by atoms with Gasteiger partial charge in [0.25, 0.3) is 21.9 Å². The third-order valence-corrected chi connectivity index (χ3v) is 9.13. The van der Waals surface area contributed by atoms with Crippen molar-refractivity contribution < 1.29 is 37.6 Å². The summed E-state index contributed by atoms with van der Waals surface area (Å²) in [7, 11) is -4.29. The van der Waals surface area contributed by atoms with Gasteiger partial charge >= 0.3 is 5.97 Å². The number of fused-ring (bicyclic) bond motifs is 1. The fourth-order valence-electron chi connectivity index (χ4n) is 4.08. The van der Waals surface area contributed by atoms with Gasteiger partial charge in [-0.15, -0.1) is 16.9 Å². The Morgan fingerprint density at radius 2 is 2.00 bits per heavy atom. The summed E-state index contributed by atoms with van der Waals surface area (Å²) in [6.45, 7) is 1.71. The van der Waals surface area contributed by atoms with Crippen LogP contribution in [0.4, 0.5) is 0 Å². The molecule has 1 fully saturated rings. The molecule has 38 heavy (non-hydrogen) atoms. The third kappa shape index (κ3) is 5.85. The van der Waals surface area contributed by atoms with E-state index < -0.39 is 57.2 Å². The quantitative estimate of drug-likeness (QED) is 0.157. The Hall–Kier alpha value is -2.99. The zero-order valence-corrected chi connectivity index (χ0v) is 22.3. The SMILES string of the molecule is CCC(CS(=O)(=O)O)n1nnnc1SCC1=C(C(=O)O)N2C(=O)C(NC(=O)[C@H](O)c3ccccc3)[C@H]2SC1. The molecule has 4 N–H and O–H groups in total. The Labute approximate surface area is 225 Å². The number of nitrogens with one attached hydrogen (secondary N) is 1. The van der Waals surface area contributed by atoms with Crippen LogP contribution in [-0.2, 0) is 24.5 Å². The summed E-state index contributed by atoms with van der Waals surface area (Å²) >= 11 is 2.33. The molecule has 2 aliphatic rings. The predicted molar refractivity (Wildman–Crippen MR) is 135 cm³/mol. The van der Waals surface area contributed by atoms with Crippen LogP contribution in [0.5, 0.6) is 0 Å². The fourth-order valence-corrected chi connectivity index (χ4v) is 7.37. The largest absolute Gasteiger partial charge is 0.477 e. The highest BCUT2D eigenvalue weighted by Crippen LogP contribution is 2.41. The summed E-state index contributed by atoms with van der Waals surface area (Å²) in [6, 6.07) is 6.49. The van der Waals surface area contributed by atoms with Crippen molar-refractivity contribution in [3.05, 3.63) is 47.2 Å². The van der Waals surface area contributed by atoms with E-state index in [-0.39, 0.29) is 22.4 Å². The van der Waals surface area contributed by atoms with Crippen LogP contribution < -0.4 is 5.32 Å². The van der Waals surface area contributed by atoms with Crippen molar-refractivity contribution in [3.8, 4) is 0 Å². The highest BCUT2D eigenvalue weighted by molar-refractivity contribution is 8.01. The van der Waals surface area contributed by atoms with Crippen LogP contribution in [0.3, 0.4) is 0 Å². The summed E-state index contributed by atoms with van der Waals surface area (Å²) in [5, 5.41) is 33.5. The highest BCUT2D eigenvalue weighted by atomic mass is 32.2. The van der Waals surface area contributed by atoms with E-state index in [0.717, 1.165) is 16.7 Å². The van der Waals surface area contributed by atoms with Crippen LogP contribution >= 0.6 is 23.5 Å². The average Bonchev–Trinajstić information content (AvgIpc) is 3.36. The first-order valence-corrected chi connectivity index (χ1v) is 14.9. The van der Waals surface area contributed by atoms with Gasteiger partial charge < -0.3 is 15.5 Å². The second-order valence-corrected chi connectivity index (χ2v) is 12.0. The minimum atomic E-state index is -4.29. The lowest BCUT2D eigenvalue weighted by Gasteiger charge is -2.49. The van der Waals surface area contributed by atoms with Gasteiger partial charge in [0.15, 0.2) is 6.10 Å². The molecule has 0 spiro atoms. The van der Waals surface area contributed by atoms with E-state index in [1.165, 1.54) is 16.4 Å². The number of hydrogen-bond acceptors (Lipinski definition) is 11. The fraction of sp³-hybridized carbons (Fsp3) is 0.429. The second kappa shape index (κ2) is 11.4. The van der Waals surface area contributed by atoms with Crippen molar-refractivity contribution in [2.45, 2.75) is 42.1 Å². The number of carbonyl (C=O) groups is 3. The number of carboxylic acids is 1. The van der Waals surface area contributed by atoms with E-state index in [1.807, 2.05) is 0 Å². The number of hydrogen-bond donors (Lipinski definition) is 4. The van der Waals surface area contributed by atoms with Crippen molar-refractivity contribution in [1.29, 1.82) is 0 Å². The molecule has 4 rings (SSSR count). The zero-order chi connectivity index (χ0) is 27.6. The molecule has 4 atom stereocenters. The zero-order valence-electron chi connectivity index (χ0n) is 19.9. The van der Waals surface area contributed by atoms with E-state index in [2.05, 4.69) is 20.8 Å². The van der Waals surface area contributed by atoms with Crippen molar-refractivity contribution in [1.82, 2.24) is 30.4 Å². The van der Waals surface area contributed by atoms with E-state index in [1.54, 1.807) is 37.3 Å². The van der Waals surface area contributed by atoms with E-state index >= 15 is 0 Å². The number of nitrogens with zero attached hydrogens (tertiary/aromatic N) is 5. The maximum Gasteiger partial charge on any atom is 0.352 e. The van der Waals surface area contributed by atoms with Gasteiger partial charge in [-0.2, -0.15) is 8.42 Å². The molecular formula is C21H24N6O8S3. The Balaban J connectivity index is 1.46. The summed E-state index contributed by atoms with van der Waals surface area (Å²) in [5.41, 5.74) is 0.576. The number of carbonyl (C=O) groups excluding carboxylic acids is 2. The molecule has 3 heterocycles. The molecule has 0 saturated carbocycles. The molecule has 0 radical (unpaired) electrons. The second-order valence-electron chi connectivity index (χ2n) is 8.47. The summed E-state index contributed by atoms with van der Waals surface area (Å²) in [4.78, 5) is 38.7. The number of tetrazole rings is 1. The van der Waals surface area contributed by atoms with Gasteiger partial charge in [-0.05, 0) is 28.0 Å². The number of aliphatic carboxylic acids is 1. The van der Waals surface area contributed by atoms with Gasteiger partial charge in [0.2, 0.25) is 5.16 Å². The van der Waals surface area contributed by atoms with Crippen LogP contribution in [0.1, 0.15) is 31.1 Å². The molecular weight excluding hydrogens is 560 g/mol. The Kier molecular flexibility index (Phi) is 8.41. The third-order valence-electron chi connectivity index (χ3n) is 5.97. The van der Waals surface area contributed by atoms with Crippen LogP contribution in [0.25, 0.3) is 0 Å². The van der Waals surface area contributed by atoms with Gasteiger partial charge in [-0.25, -0.2) is 9.48 Å². The van der Waals surface area contributed by atoms with Gasteiger partial charge in [0, 0.05) is 11.5 Å².